The highest BCUT2D eigenvalue weighted by atomic mass is 16.3. The second-order valence-corrected chi connectivity index (χ2v) is 5.96. The van der Waals surface area contributed by atoms with Crippen molar-refractivity contribution in [2.45, 2.75) is 57.1 Å². The second kappa shape index (κ2) is 5.91. The van der Waals surface area contributed by atoms with Gasteiger partial charge in [0.25, 0.3) is 0 Å². The van der Waals surface area contributed by atoms with Gasteiger partial charge in [-0.05, 0) is 19.3 Å². The highest BCUT2D eigenvalue weighted by Gasteiger charge is 2.25. The molecule has 0 bridgehead atoms. The fourth-order valence-electron chi connectivity index (χ4n) is 3.18. The summed E-state index contributed by atoms with van der Waals surface area (Å²) in [6.45, 7) is 1.32. The summed E-state index contributed by atoms with van der Waals surface area (Å²) < 4.78 is 1.64. The van der Waals surface area contributed by atoms with Crippen LogP contribution in [0.5, 0.6) is 0 Å². The zero-order chi connectivity index (χ0) is 13.9. The third-order valence-electron chi connectivity index (χ3n) is 4.39. The monoisotopic (exact) mass is 278 g/mol. The van der Waals surface area contributed by atoms with E-state index in [1.165, 1.54) is 32.1 Å². The summed E-state index contributed by atoms with van der Waals surface area (Å²) in [6.07, 6.45) is 8.45. The number of amides is 1. The van der Waals surface area contributed by atoms with E-state index >= 15 is 0 Å². The van der Waals surface area contributed by atoms with Crippen molar-refractivity contribution < 1.29 is 9.90 Å². The molecule has 2 fully saturated rings. The van der Waals surface area contributed by atoms with Crippen molar-refractivity contribution in [2.24, 2.45) is 0 Å². The Bertz CT molecular complexity index is 467. The molecule has 20 heavy (non-hydrogen) atoms. The van der Waals surface area contributed by atoms with E-state index in [0.29, 0.717) is 25.4 Å². The molecule has 1 N–H and O–H groups in total. The minimum absolute atomic E-state index is 0.0154. The van der Waals surface area contributed by atoms with Crippen LogP contribution in [0, 0.1) is 0 Å². The Labute approximate surface area is 118 Å². The predicted octanol–water partition coefficient (Wildman–Crippen LogP) is 0.919. The van der Waals surface area contributed by atoms with Crippen LogP contribution in [-0.4, -0.2) is 50.1 Å². The van der Waals surface area contributed by atoms with E-state index in [4.69, 9.17) is 0 Å². The minimum Gasteiger partial charge on any atom is -0.391 e. The normalized spacial score (nSPS) is 24.2. The van der Waals surface area contributed by atoms with Gasteiger partial charge >= 0.3 is 0 Å². The highest BCUT2D eigenvalue weighted by Crippen LogP contribution is 2.31. The molecule has 2 heterocycles. The average Bonchev–Trinajstić information content (AvgIpc) is 3.09. The number of aliphatic hydroxyl groups is 1. The highest BCUT2D eigenvalue weighted by molar-refractivity contribution is 5.76. The first-order chi connectivity index (χ1) is 9.72. The van der Waals surface area contributed by atoms with Gasteiger partial charge in [-0.25, -0.2) is 4.68 Å². The molecular weight excluding hydrogens is 256 g/mol. The number of likely N-dealkylation sites (tertiary alicyclic amines) is 1. The summed E-state index contributed by atoms with van der Waals surface area (Å²) in [6, 6.07) is 0. The van der Waals surface area contributed by atoms with Crippen molar-refractivity contribution in [2.75, 3.05) is 13.1 Å². The Balaban J connectivity index is 1.58. The zero-order valence-electron chi connectivity index (χ0n) is 11.7. The summed E-state index contributed by atoms with van der Waals surface area (Å²) >= 11 is 0. The van der Waals surface area contributed by atoms with Gasteiger partial charge in [-0.2, -0.15) is 0 Å². The first kappa shape index (κ1) is 13.5. The van der Waals surface area contributed by atoms with Gasteiger partial charge in [0.2, 0.25) is 5.91 Å². The lowest BCUT2D eigenvalue weighted by Gasteiger charge is -2.18. The quantitative estimate of drug-likeness (QED) is 0.892. The number of aliphatic hydroxyl groups excluding tert-OH is 1. The van der Waals surface area contributed by atoms with Crippen LogP contribution in [0.1, 0.15) is 50.1 Å². The SMILES string of the molecule is O=C(Cn1cc(C2CCCCC2)nn1)N1CCC(O)C1. The summed E-state index contributed by atoms with van der Waals surface area (Å²) in [5, 5.41) is 17.8. The standard InChI is InChI=1S/C14H22N4O2/c19-12-6-7-17(8-12)14(20)10-18-9-13(15-16-18)11-4-2-1-3-5-11/h9,11-12,19H,1-8,10H2. The predicted molar refractivity (Wildman–Crippen MR) is 73.1 cm³/mol. The number of β-amino-alcohol motifs (C(OH)–C–C–N with tert-alkyl or cyclic N) is 1. The first-order valence-electron chi connectivity index (χ1n) is 7.58. The van der Waals surface area contributed by atoms with Gasteiger partial charge in [-0.1, -0.05) is 24.5 Å². The smallest absolute Gasteiger partial charge is 0.244 e. The van der Waals surface area contributed by atoms with Crippen molar-refractivity contribution in [1.29, 1.82) is 0 Å². The molecule has 1 atom stereocenters. The van der Waals surface area contributed by atoms with Gasteiger partial charge < -0.3 is 10.0 Å². The van der Waals surface area contributed by atoms with Crippen LogP contribution in [0.3, 0.4) is 0 Å². The molecule has 1 saturated heterocycles. The number of hydrogen-bond donors (Lipinski definition) is 1. The molecule has 0 spiro atoms. The topological polar surface area (TPSA) is 71.2 Å². The van der Waals surface area contributed by atoms with Gasteiger partial charge in [0.05, 0.1) is 11.8 Å². The molecule has 6 nitrogen and oxygen atoms in total. The Kier molecular flexibility index (Phi) is 4.00. The van der Waals surface area contributed by atoms with Crippen molar-refractivity contribution >= 4 is 5.91 Å². The van der Waals surface area contributed by atoms with Crippen LogP contribution in [0.25, 0.3) is 0 Å². The number of rotatable bonds is 3. The maximum absolute atomic E-state index is 12.1. The number of aromatic nitrogens is 3. The Morgan fingerprint density at radius 1 is 1.30 bits per heavy atom. The van der Waals surface area contributed by atoms with Crippen molar-refractivity contribution in [3.05, 3.63) is 11.9 Å². The largest absolute Gasteiger partial charge is 0.391 e. The molecule has 1 aromatic heterocycles. The van der Waals surface area contributed by atoms with Gasteiger partial charge in [0, 0.05) is 25.2 Å². The maximum atomic E-state index is 12.1. The van der Waals surface area contributed by atoms with Crippen LogP contribution in [0.4, 0.5) is 0 Å². The molecule has 1 aromatic rings. The maximum Gasteiger partial charge on any atom is 0.244 e. The second-order valence-electron chi connectivity index (χ2n) is 5.96. The average molecular weight is 278 g/mol. The fourth-order valence-corrected chi connectivity index (χ4v) is 3.18. The van der Waals surface area contributed by atoms with E-state index in [0.717, 1.165) is 5.69 Å². The number of carbonyl (C=O) groups excluding carboxylic acids is 1. The molecule has 110 valence electrons. The van der Waals surface area contributed by atoms with Gasteiger partial charge in [0.15, 0.2) is 0 Å². The molecule has 3 rings (SSSR count). The van der Waals surface area contributed by atoms with Crippen molar-refractivity contribution in [1.82, 2.24) is 19.9 Å². The summed E-state index contributed by atoms with van der Waals surface area (Å²) in [5.74, 6) is 0.530. The molecule has 1 saturated carbocycles. The molecule has 0 radical (unpaired) electrons. The Morgan fingerprint density at radius 2 is 2.10 bits per heavy atom. The van der Waals surface area contributed by atoms with Crippen LogP contribution >= 0.6 is 0 Å². The third kappa shape index (κ3) is 3.00. The lowest BCUT2D eigenvalue weighted by Crippen LogP contribution is -2.32. The molecular formula is C14H22N4O2. The van der Waals surface area contributed by atoms with E-state index in [2.05, 4.69) is 10.3 Å². The Hall–Kier alpha value is -1.43. The van der Waals surface area contributed by atoms with Crippen LogP contribution in [0.15, 0.2) is 6.20 Å². The lowest BCUT2D eigenvalue weighted by atomic mass is 9.87. The van der Waals surface area contributed by atoms with Gasteiger partial charge in [0.1, 0.15) is 6.54 Å². The molecule has 0 aromatic carbocycles. The fraction of sp³-hybridized carbons (Fsp3) is 0.786. The van der Waals surface area contributed by atoms with Gasteiger partial charge in [-0.15, -0.1) is 5.10 Å². The van der Waals surface area contributed by atoms with Crippen molar-refractivity contribution in [3.63, 3.8) is 0 Å². The minimum atomic E-state index is -0.368. The van der Waals surface area contributed by atoms with Crippen LogP contribution < -0.4 is 0 Å². The number of hydrogen-bond acceptors (Lipinski definition) is 4. The molecule has 1 aliphatic carbocycles. The van der Waals surface area contributed by atoms with Crippen molar-refractivity contribution in [3.8, 4) is 0 Å². The summed E-state index contributed by atoms with van der Waals surface area (Å²) in [5.41, 5.74) is 1.03. The summed E-state index contributed by atoms with van der Waals surface area (Å²) in [7, 11) is 0. The number of nitrogens with zero attached hydrogens (tertiary/aromatic N) is 4. The van der Waals surface area contributed by atoms with E-state index in [1.807, 2.05) is 6.20 Å². The van der Waals surface area contributed by atoms with Crippen LogP contribution in [-0.2, 0) is 11.3 Å². The molecule has 2 aliphatic rings. The molecule has 1 aliphatic heterocycles. The number of carbonyl (C=O) groups is 1. The van der Waals surface area contributed by atoms with E-state index in [-0.39, 0.29) is 18.6 Å². The first-order valence-corrected chi connectivity index (χ1v) is 7.58. The zero-order valence-corrected chi connectivity index (χ0v) is 11.7. The lowest BCUT2D eigenvalue weighted by molar-refractivity contribution is -0.131. The summed E-state index contributed by atoms with van der Waals surface area (Å²) in [4.78, 5) is 13.8. The third-order valence-corrected chi connectivity index (χ3v) is 4.39. The molecule has 1 amide bonds. The van der Waals surface area contributed by atoms with E-state index < -0.39 is 0 Å². The molecule has 1 unspecified atom stereocenters. The molecule has 6 heteroatoms. The van der Waals surface area contributed by atoms with Gasteiger partial charge in [-0.3, -0.25) is 4.79 Å². The van der Waals surface area contributed by atoms with E-state index in [1.54, 1.807) is 9.58 Å². The van der Waals surface area contributed by atoms with Crippen LogP contribution in [0.2, 0.25) is 0 Å². The Morgan fingerprint density at radius 3 is 2.80 bits per heavy atom. The van der Waals surface area contributed by atoms with E-state index in [9.17, 15) is 9.90 Å².